The number of hydrogen-bond donors (Lipinski definition) is 2. The first kappa shape index (κ1) is 14.5. The predicted molar refractivity (Wildman–Crippen MR) is 72.4 cm³/mol. The van der Waals surface area contributed by atoms with Crippen LogP contribution in [0.25, 0.3) is 0 Å². The molecule has 0 unspecified atom stereocenters. The van der Waals surface area contributed by atoms with Crippen LogP contribution in [0, 0.1) is 5.82 Å². The Bertz CT molecular complexity index is 557. The van der Waals surface area contributed by atoms with E-state index in [1.807, 2.05) is 0 Å². The summed E-state index contributed by atoms with van der Waals surface area (Å²) < 4.78 is 13.8. The average molecular weight is 279 g/mol. The summed E-state index contributed by atoms with van der Waals surface area (Å²) in [5.41, 5.74) is 5.07. The number of nitrogens with one attached hydrogen (secondary N) is 1. The molecule has 1 saturated heterocycles. The second-order valence-corrected chi connectivity index (χ2v) is 5.45. The fourth-order valence-electron chi connectivity index (χ4n) is 2.28. The van der Waals surface area contributed by atoms with Crippen molar-refractivity contribution in [3.8, 4) is 0 Å². The molecule has 0 aromatic heterocycles. The normalized spacial score (nSPS) is 18.1. The van der Waals surface area contributed by atoms with Crippen molar-refractivity contribution in [3.05, 3.63) is 35.1 Å². The van der Waals surface area contributed by atoms with Gasteiger partial charge in [-0.15, -0.1) is 0 Å². The molecule has 0 bridgehead atoms. The molecule has 2 rings (SSSR count). The van der Waals surface area contributed by atoms with Crippen molar-refractivity contribution in [2.45, 2.75) is 25.9 Å². The molecule has 3 N–H and O–H groups in total. The minimum absolute atomic E-state index is 0.0902. The summed E-state index contributed by atoms with van der Waals surface area (Å²) in [6.07, 6.45) is 0. The number of amides is 2. The van der Waals surface area contributed by atoms with Crippen LogP contribution in [0.4, 0.5) is 4.39 Å². The van der Waals surface area contributed by atoms with Crippen LogP contribution < -0.4 is 11.1 Å². The first-order valence-electron chi connectivity index (χ1n) is 6.44. The summed E-state index contributed by atoms with van der Waals surface area (Å²) in [5, 5.41) is 3.11. The summed E-state index contributed by atoms with van der Waals surface area (Å²) >= 11 is 0. The predicted octanol–water partition coefficient (Wildman–Crippen LogP) is 0.635. The van der Waals surface area contributed by atoms with Crippen molar-refractivity contribution in [1.29, 1.82) is 0 Å². The molecule has 0 atom stereocenters. The van der Waals surface area contributed by atoms with Crippen LogP contribution in [0.2, 0.25) is 0 Å². The lowest BCUT2D eigenvalue weighted by Gasteiger charge is -2.38. The monoisotopic (exact) mass is 279 g/mol. The van der Waals surface area contributed by atoms with Crippen molar-refractivity contribution in [2.75, 3.05) is 13.1 Å². The standard InChI is InChI=1S/C14H18FN3O2/c1-14(2)13(20)18(6-5-17-14)8-10-7-9(12(16)19)3-4-11(10)15/h3-4,7,17H,5-6,8H2,1-2H3,(H2,16,19). The highest BCUT2D eigenvalue weighted by atomic mass is 19.1. The smallest absolute Gasteiger partial charge is 0.248 e. The van der Waals surface area contributed by atoms with Gasteiger partial charge in [-0.3, -0.25) is 9.59 Å². The van der Waals surface area contributed by atoms with E-state index >= 15 is 0 Å². The average Bonchev–Trinajstić information content (AvgIpc) is 2.37. The summed E-state index contributed by atoms with van der Waals surface area (Å²) in [6, 6.07) is 3.94. The van der Waals surface area contributed by atoms with E-state index in [1.165, 1.54) is 18.2 Å². The van der Waals surface area contributed by atoms with Gasteiger partial charge >= 0.3 is 0 Å². The molecule has 20 heavy (non-hydrogen) atoms. The molecule has 0 saturated carbocycles. The Kier molecular flexibility index (Phi) is 3.76. The van der Waals surface area contributed by atoms with Crippen LogP contribution in [0.15, 0.2) is 18.2 Å². The van der Waals surface area contributed by atoms with Gasteiger partial charge in [-0.2, -0.15) is 0 Å². The second-order valence-electron chi connectivity index (χ2n) is 5.45. The Hall–Kier alpha value is -1.95. The minimum atomic E-state index is -0.657. The van der Waals surface area contributed by atoms with Gasteiger partial charge in [-0.1, -0.05) is 0 Å². The molecule has 0 aliphatic carbocycles. The van der Waals surface area contributed by atoms with Gasteiger partial charge in [-0.25, -0.2) is 4.39 Å². The molecule has 1 aromatic carbocycles. The van der Waals surface area contributed by atoms with Crippen molar-refractivity contribution in [3.63, 3.8) is 0 Å². The van der Waals surface area contributed by atoms with E-state index in [0.717, 1.165) is 0 Å². The number of benzene rings is 1. The van der Waals surface area contributed by atoms with E-state index in [-0.39, 0.29) is 18.0 Å². The van der Waals surface area contributed by atoms with Crippen LogP contribution in [-0.4, -0.2) is 35.3 Å². The first-order valence-corrected chi connectivity index (χ1v) is 6.44. The fraction of sp³-hybridized carbons (Fsp3) is 0.429. The number of nitrogens with zero attached hydrogens (tertiary/aromatic N) is 1. The maximum atomic E-state index is 13.8. The Morgan fingerprint density at radius 1 is 1.50 bits per heavy atom. The van der Waals surface area contributed by atoms with Crippen molar-refractivity contribution < 1.29 is 14.0 Å². The molecule has 1 aromatic rings. The summed E-state index contributed by atoms with van der Waals surface area (Å²) in [6.45, 7) is 4.87. The Balaban J connectivity index is 2.23. The number of nitrogens with two attached hydrogens (primary N) is 1. The molecule has 5 nitrogen and oxygen atoms in total. The Morgan fingerprint density at radius 2 is 2.20 bits per heavy atom. The van der Waals surface area contributed by atoms with Crippen molar-refractivity contribution in [1.82, 2.24) is 10.2 Å². The van der Waals surface area contributed by atoms with Crippen LogP contribution in [0.5, 0.6) is 0 Å². The number of carbonyl (C=O) groups is 2. The van der Waals surface area contributed by atoms with Gasteiger partial charge in [0.2, 0.25) is 11.8 Å². The van der Waals surface area contributed by atoms with Gasteiger partial charge in [0, 0.05) is 30.8 Å². The number of rotatable bonds is 3. The number of piperazine rings is 1. The Labute approximate surface area is 116 Å². The van der Waals surface area contributed by atoms with Gasteiger partial charge in [0.1, 0.15) is 5.82 Å². The first-order chi connectivity index (χ1) is 9.31. The van der Waals surface area contributed by atoms with E-state index in [2.05, 4.69) is 5.32 Å². The molecule has 1 aliphatic rings. The zero-order chi connectivity index (χ0) is 14.9. The van der Waals surface area contributed by atoms with Crippen LogP contribution in [0.3, 0.4) is 0 Å². The quantitative estimate of drug-likeness (QED) is 0.852. The highest BCUT2D eigenvalue weighted by molar-refractivity contribution is 5.93. The number of carbonyl (C=O) groups excluding carboxylic acids is 2. The fourth-order valence-corrected chi connectivity index (χ4v) is 2.28. The van der Waals surface area contributed by atoms with E-state index in [0.29, 0.717) is 18.7 Å². The molecule has 108 valence electrons. The molecule has 0 radical (unpaired) electrons. The lowest BCUT2D eigenvalue weighted by atomic mass is 10.00. The summed E-state index contributed by atoms with van der Waals surface area (Å²) in [5.74, 6) is -1.15. The van der Waals surface area contributed by atoms with Gasteiger partial charge in [0.15, 0.2) is 0 Å². The molecule has 1 aliphatic heterocycles. The van der Waals surface area contributed by atoms with Crippen LogP contribution in [0.1, 0.15) is 29.8 Å². The number of primary amides is 1. The third-order valence-corrected chi connectivity index (χ3v) is 3.46. The molecule has 1 fully saturated rings. The lowest BCUT2D eigenvalue weighted by molar-refractivity contribution is -0.140. The van der Waals surface area contributed by atoms with E-state index in [1.54, 1.807) is 18.7 Å². The maximum absolute atomic E-state index is 13.8. The SMILES string of the molecule is CC1(C)NCCN(Cc2cc(C(N)=O)ccc2F)C1=O. The highest BCUT2D eigenvalue weighted by Gasteiger charge is 2.35. The minimum Gasteiger partial charge on any atom is -0.366 e. The number of hydrogen-bond acceptors (Lipinski definition) is 3. The van der Waals surface area contributed by atoms with Crippen molar-refractivity contribution in [2.24, 2.45) is 5.73 Å². The molecular formula is C14H18FN3O2. The molecule has 6 heteroatoms. The maximum Gasteiger partial charge on any atom is 0.248 e. The highest BCUT2D eigenvalue weighted by Crippen LogP contribution is 2.18. The van der Waals surface area contributed by atoms with Crippen LogP contribution in [-0.2, 0) is 11.3 Å². The largest absolute Gasteiger partial charge is 0.366 e. The van der Waals surface area contributed by atoms with Crippen molar-refractivity contribution >= 4 is 11.8 Å². The summed E-state index contributed by atoms with van der Waals surface area (Å²) in [7, 11) is 0. The zero-order valence-electron chi connectivity index (χ0n) is 11.6. The second kappa shape index (κ2) is 5.20. The van der Waals surface area contributed by atoms with E-state index in [4.69, 9.17) is 5.73 Å². The van der Waals surface area contributed by atoms with E-state index in [9.17, 15) is 14.0 Å². The van der Waals surface area contributed by atoms with E-state index < -0.39 is 17.3 Å². The topological polar surface area (TPSA) is 75.4 Å². The Morgan fingerprint density at radius 3 is 2.85 bits per heavy atom. The zero-order valence-corrected chi connectivity index (χ0v) is 11.6. The molecule has 2 amide bonds. The molecule has 1 heterocycles. The van der Waals surface area contributed by atoms with Gasteiger partial charge in [-0.05, 0) is 32.0 Å². The summed E-state index contributed by atoms with van der Waals surface area (Å²) in [4.78, 5) is 24.9. The van der Waals surface area contributed by atoms with Gasteiger partial charge in [0.25, 0.3) is 0 Å². The van der Waals surface area contributed by atoms with Crippen LogP contribution >= 0.6 is 0 Å². The third kappa shape index (κ3) is 2.80. The van der Waals surface area contributed by atoms with Gasteiger partial charge < -0.3 is 16.0 Å². The molecule has 0 spiro atoms. The van der Waals surface area contributed by atoms with Gasteiger partial charge in [0.05, 0.1) is 5.54 Å². The third-order valence-electron chi connectivity index (χ3n) is 3.46. The number of halogens is 1. The lowest BCUT2D eigenvalue weighted by Crippen LogP contribution is -2.60. The molecular weight excluding hydrogens is 261 g/mol.